The summed E-state index contributed by atoms with van der Waals surface area (Å²) < 4.78 is 0. The van der Waals surface area contributed by atoms with Crippen molar-refractivity contribution in [3.63, 3.8) is 0 Å². The Kier molecular flexibility index (Phi) is 5.86. The van der Waals surface area contributed by atoms with Gasteiger partial charge in [-0.2, -0.15) is 0 Å². The average molecular weight is 249 g/mol. The molecule has 0 aliphatic rings. The molecule has 1 aromatic carbocycles. The summed E-state index contributed by atoms with van der Waals surface area (Å²) in [5, 5.41) is 9.33. The number of carboxylic acid groups (broad SMARTS) is 1. The zero-order valence-corrected chi connectivity index (χ0v) is 11.5. The van der Waals surface area contributed by atoms with E-state index in [1.165, 1.54) is 0 Å². The molecule has 0 aromatic heterocycles. The summed E-state index contributed by atoms with van der Waals surface area (Å²) in [6.45, 7) is 5.86. The van der Waals surface area contributed by atoms with Crippen LogP contribution in [0.4, 0.5) is 0 Å². The molecule has 0 heterocycles. The van der Waals surface area contributed by atoms with Crippen LogP contribution in [0, 0.1) is 5.92 Å². The van der Waals surface area contributed by atoms with Gasteiger partial charge in [-0.3, -0.25) is 4.79 Å². The standard InChI is InChI=1S/C15H23NO2/c1-12(2)9-10-16(3)11-14(15(17)18)13-7-5-4-6-8-13/h4-8,12,14H,9-11H2,1-3H3,(H,17,18). The molecular weight excluding hydrogens is 226 g/mol. The van der Waals surface area contributed by atoms with Gasteiger partial charge in [0.2, 0.25) is 0 Å². The summed E-state index contributed by atoms with van der Waals surface area (Å²) in [7, 11) is 1.99. The van der Waals surface area contributed by atoms with Crippen molar-refractivity contribution in [3.05, 3.63) is 35.9 Å². The fourth-order valence-electron chi connectivity index (χ4n) is 1.89. The summed E-state index contributed by atoms with van der Waals surface area (Å²) in [5.41, 5.74) is 0.876. The minimum atomic E-state index is -0.752. The van der Waals surface area contributed by atoms with Gasteiger partial charge < -0.3 is 10.0 Å². The van der Waals surface area contributed by atoms with Crippen LogP contribution in [-0.4, -0.2) is 36.1 Å². The fraction of sp³-hybridized carbons (Fsp3) is 0.533. The van der Waals surface area contributed by atoms with Crippen LogP contribution in [0.3, 0.4) is 0 Å². The van der Waals surface area contributed by atoms with Gasteiger partial charge in [0, 0.05) is 6.54 Å². The van der Waals surface area contributed by atoms with Crippen molar-refractivity contribution >= 4 is 5.97 Å². The highest BCUT2D eigenvalue weighted by Gasteiger charge is 2.21. The number of hydrogen-bond donors (Lipinski definition) is 1. The predicted molar refractivity (Wildman–Crippen MR) is 73.8 cm³/mol. The van der Waals surface area contributed by atoms with Crippen molar-refractivity contribution < 1.29 is 9.90 Å². The van der Waals surface area contributed by atoms with Crippen LogP contribution in [0.25, 0.3) is 0 Å². The van der Waals surface area contributed by atoms with Crippen LogP contribution < -0.4 is 0 Å². The lowest BCUT2D eigenvalue weighted by atomic mass is 9.98. The average Bonchev–Trinajstić information content (AvgIpc) is 2.34. The number of carbonyl (C=O) groups is 1. The number of carboxylic acids is 1. The van der Waals surface area contributed by atoms with Crippen LogP contribution >= 0.6 is 0 Å². The van der Waals surface area contributed by atoms with E-state index in [4.69, 9.17) is 0 Å². The summed E-state index contributed by atoms with van der Waals surface area (Å²) >= 11 is 0. The van der Waals surface area contributed by atoms with E-state index in [2.05, 4.69) is 18.7 Å². The van der Waals surface area contributed by atoms with Crippen molar-refractivity contribution in [1.82, 2.24) is 4.90 Å². The third-order valence-electron chi connectivity index (χ3n) is 3.08. The van der Waals surface area contributed by atoms with Gasteiger partial charge in [0.05, 0.1) is 5.92 Å². The van der Waals surface area contributed by atoms with Crippen molar-refractivity contribution in [2.45, 2.75) is 26.2 Å². The van der Waals surface area contributed by atoms with E-state index in [0.717, 1.165) is 18.5 Å². The lowest BCUT2D eigenvalue weighted by molar-refractivity contribution is -0.139. The maximum atomic E-state index is 11.3. The van der Waals surface area contributed by atoms with E-state index < -0.39 is 11.9 Å². The van der Waals surface area contributed by atoms with Crippen molar-refractivity contribution in [3.8, 4) is 0 Å². The number of hydrogen-bond acceptors (Lipinski definition) is 2. The van der Waals surface area contributed by atoms with Crippen LogP contribution in [0.15, 0.2) is 30.3 Å². The molecule has 0 radical (unpaired) electrons. The second-order valence-electron chi connectivity index (χ2n) is 5.25. The fourth-order valence-corrected chi connectivity index (χ4v) is 1.89. The molecule has 0 spiro atoms. The lowest BCUT2D eigenvalue weighted by Crippen LogP contribution is -2.30. The van der Waals surface area contributed by atoms with Gasteiger partial charge in [0.15, 0.2) is 0 Å². The quantitative estimate of drug-likeness (QED) is 0.807. The Balaban J connectivity index is 2.62. The molecule has 1 aromatic rings. The minimum Gasteiger partial charge on any atom is -0.481 e. The topological polar surface area (TPSA) is 40.5 Å². The zero-order valence-electron chi connectivity index (χ0n) is 11.5. The van der Waals surface area contributed by atoms with Crippen LogP contribution in [-0.2, 0) is 4.79 Å². The number of nitrogens with zero attached hydrogens (tertiary/aromatic N) is 1. The maximum Gasteiger partial charge on any atom is 0.312 e. The molecule has 1 unspecified atom stereocenters. The molecule has 0 aliphatic carbocycles. The van der Waals surface area contributed by atoms with Gasteiger partial charge in [-0.05, 0) is 31.5 Å². The van der Waals surface area contributed by atoms with E-state index in [1.54, 1.807) is 0 Å². The molecule has 18 heavy (non-hydrogen) atoms. The third kappa shape index (κ3) is 4.88. The van der Waals surface area contributed by atoms with Gasteiger partial charge in [-0.1, -0.05) is 44.2 Å². The molecule has 3 heteroatoms. The molecule has 0 saturated heterocycles. The van der Waals surface area contributed by atoms with Gasteiger partial charge in [-0.15, -0.1) is 0 Å². The number of likely N-dealkylation sites (N-methyl/N-ethyl adjacent to an activating group) is 1. The normalized spacial score (nSPS) is 12.9. The molecule has 0 bridgehead atoms. The molecule has 0 aliphatic heterocycles. The molecule has 0 amide bonds. The minimum absolute atomic E-state index is 0.441. The Hall–Kier alpha value is -1.35. The molecule has 1 rings (SSSR count). The van der Waals surface area contributed by atoms with E-state index in [1.807, 2.05) is 37.4 Å². The Labute approximate surface area is 109 Å². The monoisotopic (exact) mass is 249 g/mol. The number of aliphatic carboxylic acids is 1. The van der Waals surface area contributed by atoms with E-state index in [9.17, 15) is 9.90 Å². The van der Waals surface area contributed by atoms with E-state index in [-0.39, 0.29) is 0 Å². The Morgan fingerprint density at radius 1 is 1.28 bits per heavy atom. The number of benzene rings is 1. The highest BCUT2D eigenvalue weighted by molar-refractivity contribution is 5.76. The van der Waals surface area contributed by atoms with Crippen molar-refractivity contribution in [2.75, 3.05) is 20.1 Å². The van der Waals surface area contributed by atoms with Gasteiger partial charge in [0.25, 0.3) is 0 Å². The summed E-state index contributed by atoms with van der Waals surface area (Å²) in [6, 6.07) is 9.45. The largest absolute Gasteiger partial charge is 0.481 e. The number of rotatable bonds is 7. The highest BCUT2D eigenvalue weighted by Crippen LogP contribution is 2.17. The molecular formula is C15H23NO2. The molecule has 1 N–H and O–H groups in total. The molecule has 0 fully saturated rings. The molecule has 100 valence electrons. The smallest absolute Gasteiger partial charge is 0.312 e. The van der Waals surface area contributed by atoms with Crippen molar-refractivity contribution in [2.24, 2.45) is 5.92 Å². The van der Waals surface area contributed by atoms with Gasteiger partial charge in [0.1, 0.15) is 0 Å². The third-order valence-corrected chi connectivity index (χ3v) is 3.08. The molecule has 1 atom stereocenters. The zero-order chi connectivity index (χ0) is 13.5. The first-order chi connectivity index (χ1) is 8.50. The lowest BCUT2D eigenvalue weighted by Gasteiger charge is -2.22. The Morgan fingerprint density at radius 2 is 1.89 bits per heavy atom. The molecule has 3 nitrogen and oxygen atoms in total. The van der Waals surface area contributed by atoms with Crippen LogP contribution in [0.1, 0.15) is 31.7 Å². The Bertz CT molecular complexity index is 362. The first kappa shape index (κ1) is 14.7. The van der Waals surface area contributed by atoms with Gasteiger partial charge >= 0.3 is 5.97 Å². The summed E-state index contributed by atoms with van der Waals surface area (Å²) in [4.78, 5) is 13.4. The molecule has 0 saturated carbocycles. The highest BCUT2D eigenvalue weighted by atomic mass is 16.4. The van der Waals surface area contributed by atoms with Gasteiger partial charge in [-0.25, -0.2) is 0 Å². The van der Waals surface area contributed by atoms with E-state index in [0.29, 0.717) is 12.5 Å². The SMILES string of the molecule is CC(C)CCN(C)CC(C(=O)O)c1ccccc1. The first-order valence-corrected chi connectivity index (χ1v) is 6.47. The first-order valence-electron chi connectivity index (χ1n) is 6.47. The van der Waals surface area contributed by atoms with Crippen LogP contribution in [0.2, 0.25) is 0 Å². The van der Waals surface area contributed by atoms with E-state index >= 15 is 0 Å². The second-order valence-corrected chi connectivity index (χ2v) is 5.25. The second kappa shape index (κ2) is 7.17. The van der Waals surface area contributed by atoms with Crippen molar-refractivity contribution in [1.29, 1.82) is 0 Å². The summed E-state index contributed by atoms with van der Waals surface area (Å²) in [6.07, 6.45) is 1.09. The Morgan fingerprint density at radius 3 is 2.39 bits per heavy atom. The predicted octanol–water partition coefficient (Wildman–Crippen LogP) is 2.83. The maximum absolute atomic E-state index is 11.3. The summed E-state index contributed by atoms with van der Waals surface area (Å²) in [5.74, 6) is -0.548. The van der Waals surface area contributed by atoms with Crippen LogP contribution in [0.5, 0.6) is 0 Å².